The Kier molecular flexibility index (Phi) is 4.40. The third-order valence-electron chi connectivity index (χ3n) is 3.51. The number of benzene rings is 1. The summed E-state index contributed by atoms with van der Waals surface area (Å²) in [4.78, 5) is 12.2. The minimum atomic E-state index is -0.379. The van der Waals surface area contributed by atoms with Crippen LogP contribution in [-0.4, -0.2) is 18.5 Å². The second-order valence-corrected chi connectivity index (χ2v) is 5.06. The van der Waals surface area contributed by atoms with Crippen LogP contribution in [0.1, 0.15) is 43.5 Å². The zero-order valence-corrected chi connectivity index (χ0v) is 11.5. The van der Waals surface area contributed by atoms with E-state index in [1.807, 2.05) is 6.92 Å². The molecule has 0 bridgehead atoms. The molecule has 1 amide bonds. The van der Waals surface area contributed by atoms with Gasteiger partial charge in [-0.05, 0) is 37.8 Å². The SMILES string of the molecule is CCCC1CC1NC(=O)c1cccc(F)c1NCC. The number of carbonyl (C=O) groups excluding carboxylic acids is 1. The van der Waals surface area contributed by atoms with Crippen molar-refractivity contribution in [2.45, 2.75) is 39.2 Å². The van der Waals surface area contributed by atoms with Gasteiger partial charge >= 0.3 is 0 Å². The zero-order valence-electron chi connectivity index (χ0n) is 11.5. The maximum Gasteiger partial charge on any atom is 0.253 e. The Morgan fingerprint density at radius 1 is 1.42 bits per heavy atom. The van der Waals surface area contributed by atoms with Crippen molar-refractivity contribution in [3.05, 3.63) is 29.6 Å². The highest BCUT2D eigenvalue weighted by Crippen LogP contribution is 2.35. The first-order valence-electron chi connectivity index (χ1n) is 7.00. The highest BCUT2D eigenvalue weighted by atomic mass is 19.1. The molecular weight excluding hydrogens is 243 g/mol. The Morgan fingerprint density at radius 3 is 2.89 bits per heavy atom. The highest BCUT2D eigenvalue weighted by Gasteiger charge is 2.37. The van der Waals surface area contributed by atoms with Gasteiger partial charge < -0.3 is 10.6 Å². The molecule has 3 nitrogen and oxygen atoms in total. The van der Waals surface area contributed by atoms with Gasteiger partial charge in [-0.15, -0.1) is 0 Å². The van der Waals surface area contributed by atoms with Crippen molar-refractivity contribution in [3.8, 4) is 0 Å². The number of amides is 1. The fourth-order valence-electron chi connectivity index (χ4n) is 2.43. The van der Waals surface area contributed by atoms with E-state index in [4.69, 9.17) is 0 Å². The first kappa shape index (κ1) is 13.8. The Morgan fingerprint density at radius 2 is 2.21 bits per heavy atom. The van der Waals surface area contributed by atoms with E-state index in [1.165, 1.54) is 6.07 Å². The van der Waals surface area contributed by atoms with E-state index >= 15 is 0 Å². The van der Waals surface area contributed by atoms with Crippen LogP contribution in [0.4, 0.5) is 10.1 Å². The van der Waals surface area contributed by atoms with E-state index in [2.05, 4.69) is 17.6 Å². The first-order chi connectivity index (χ1) is 9.17. The summed E-state index contributed by atoms with van der Waals surface area (Å²) in [6.45, 7) is 4.61. The monoisotopic (exact) mass is 264 g/mol. The number of halogens is 1. The van der Waals surface area contributed by atoms with Crippen LogP contribution in [-0.2, 0) is 0 Å². The smallest absolute Gasteiger partial charge is 0.253 e. The lowest BCUT2D eigenvalue weighted by Crippen LogP contribution is -2.28. The van der Waals surface area contributed by atoms with Crippen LogP contribution in [0.15, 0.2) is 18.2 Å². The second-order valence-electron chi connectivity index (χ2n) is 5.06. The minimum Gasteiger partial charge on any atom is -0.382 e. The number of anilines is 1. The van der Waals surface area contributed by atoms with Gasteiger partial charge in [0.05, 0.1) is 11.3 Å². The Balaban J connectivity index is 2.05. The van der Waals surface area contributed by atoms with Crippen LogP contribution in [0.5, 0.6) is 0 Å². The molecule has 0 radical (unpaired) electrons. The molecule has 1 aromatic rings. The van der Waals surface area contributed by atoms with E-state index in [-0.39, 0.29) is 17.8 Å². The quantitative estimate of drug-likeness (QED) is 0.828. The second kappa shape index (κ2) is 6.04. The van der Waals surface area contributed by atoms with E-state index in [0.29, 0.717) is 23.7 Å². The molecule has 1 aromatic carbocycles. The summed E-state index contributed by atoms with van der Waals surface area (Å²) in [6, 6.07) is 4.87. The summed E-state index contributed by atoms with van der Waals surface area (Å²) in [7, 11) is 0. The third-order valence-corrected chi connectivity index (χ3v) is 3.51. The Hall–Kier alpha value is -1.58. The predicted molar refractivity (Wildman–Crippen MR) is 74.8 cm³/mol. The third kappa shape index (κ3) is 3.25. The zero-order chi connectivity index (χ0) is 13.8. The minimum absolute atomic E-state index is 0.181. The molecular formula is C15H21FN2O. The molecule has 19 heavy (non-hydrogen) atoms. The largest absolute Gasteiger partial charge is 0.382 e. The van der Waals surface area contributed by atoms with Gasteiger partial charge in [0.2, 0.25) is 0 Å². The molecule has 0 aliphatic heterocycles. The van der Waals surface area contributed by atoms with Crippen molar-refractivity contribution in [1.82, 2.24) is 5.32 Å². The van der Waals surface area contributed by atoms with Crippen molar-refractivity contribution < 1.29 is 9.18 Å². The summed E-state index contributed by atoms with van der Waals surface area (Å²) in [5.41, 5.74) is 0.694. The van der Waals surface area contributed by atoms with Gasteiger partial charge in [-0.1, -0.05) is 19.4 Å². The lowest BCUT2D eigenvalue weighted by Gasteiger charge is -2.12. The maximum atomic E-state index is 13.7. The maximum absolute atomic E-state index is 13.7. The van der Waals surface area contributed by atoms with Gasteiger partial charge in [0.25, 0.3) is 5.91 Å². The van der Waals surface area contributed by atoms with Crippen LogP contribution < -0.4 is 10.6 Å². The molecule has 104 valence electrons. The van der Waals surface area contributed by atoms with Gasteiger partial charge in [0.15, 0.2) is 0 Å². The van der Waals surface area contributed by atoms with Gasteiger partial charge in [-0.3, -0.25) is 4.79 Å². The van der Waals surface area contributed by atoms with Gasteiger partial charge in [-0.25, -0.2) is 4.39 Å². The molecule has 1 fully saturated rings. The lowest BCUT2D eigenvalue weighted by molar-refractivity contribution is 0.0949. The number of rotatable bonds is 6. The molecule has 1 aliphatic carbocycles. The van der Waals surface area contributed by atoms with E-state index in [1.54, 1.807) is 12.1 Å². The molecule has 1 saturated carbocycles. The van der Waals surface area contributed by atoms with Crippen LogP contribution in [0, 0.1) is 11.7 Å². The van der Waals surface area contributed by atoms with Gasteiger partial charge in [0.1, 0.15) is 5.82 Å². The molecule has 2 atom stereocenters. The molecule has 1 aliphatic rings. The summed E-state index contributed by atoms with van der Waals surface area (Å²) >= 11 is 0. The first-order valence-corrected chi connectivity index (χ1v) is 7.00. The van der Waals surface area contributed by atoms with Crippen molar-refractivity contribution in [2.24, 2.45) is 5.92 Å². The van der Waals surface area contributed by atoms with Crippen LogP contribution in [0.2, 0.25) is 0 Å². The number of hydrogen-bond donors (Lipinski definition) is 2. The summed E-state index contributed by atoms with van der Waals surface area (Å²) in [6.07, 6.45) is 3.33. The van der Waals surface area contributed by atoms with Crippen molar-refractivity contribution in [1.29, 1.82) is 0 Å². The topological polar surface area (TPSA) is 41.1 Å². The number of hydrogen-bond acceptors (Lipinski definition) is 2. The van der Waals surface area contributed by atoms with Gasteiger partial charge in [0, 0.05) is 12.6 Å². The fourth-order valence-corrected chi connectivity index (χ4v) is 2.43. The van der Waals surface area contributed by atoms with Crippen molar-refractivity contribution in [3.63, 3.8) is 0 Å². The van der Waals surface area contributed by atoms with Crippen LogP contribution in [0.3, 0.4) is 0 Å². The molecule has 2 rings (SSSR count). The average Bonchev–Trinajstić information content (AvgIpc) is 3.10. The number of carbonyl (C=O) groups is 1. The van der Waals surface area contributed by atoms with Crippen LogP contribution in [0.25, 0.3) is 0 Å². The predicted octanol–water partition coefficient (Wildman–Crippen LogP) is 3.18. The average molecular weight is 264 g/mol. The van der Waals surface area contributed by atoms with Crippen molar-refractivity contribution in [2.75, 3.05) is 11.9 Å². The summed E-state index contributed by atoms with van der Waals surface area (Å²) < 4.78 is 13.7. The van der Waals surface area contributed by atoms with E-state index < -0.39 is 0 Å². The normalized spacial score (nSPS) is 21.0. The molecule has 0 aromatic heterocycles. The van der Waals surface area contributed by atoms with Crippen LogP contribution >= 0.6 is 0 Å². The van der Waals surface area contributed by atoms with E-state index in [9.17, 15) is 9.18 Å². The van der Waals surface area contributed by atoms with E-state index in [0.717, 1.165) is 19.3 Å². The van der Waals surface area contributed by atoms with Crippen molar-refractivity contribution >= 4 is 11.6 Å². The number of para-hydroxylation sites is 1. The summed E-state index contributed by atoms with van der Waals surface area (Å²) in [5, 5.41) is 5.90. The molecule has 2 N–H and O–H groups in total. The molecule has 4 heteroatoms. The number of nitrogens with one attached hydrogen (secondary N) is 2. The molecule has 2 unspecified atom stereocenters. The van der Waals surface area contributed by atoms with Gasteiger partial charge in [-0.2, -0.15) is 0 Å². The molecule has 0 spiro atoms. The molecule has 0 heterocycles. The summed E-state index contributed by atoms with van der Waals surface area (Å²) in [5.74, 6) is 0.0413. The Labute approximate surface area is 113 Å². The standard InChI is InChI=1S/C15H21FN2O/c1-3-6-10-9-13(10)18-15(19)11-7-5-8-12(16)14(11)17-4-2/h5,7-8,10,13,17H,3-4,6,9H2,1-2H3,(H,18,19). The highest BCUT2D eigenvalue weighted by molar-refractivity contribution is 6.00. The molecule has 0 saturated heterocycles. The lowest BCUT2D eigenvalue weighted by atomic mass is 10.1. The fraction of sp³-hybridized carbons (Fsp3) is 0.533. The Bertz CT molecular complexity index is 461.